The maximum atomic E-state index is 10.2. The summed E-state index contributed by atoms with van der Waals surface area (Å²) in [5.74, 6) is 0.680. The quantitative estimate of drug-likeness (QED) is 0.739. The van der Waals surface area contributed by atoms with Gasteiger partial charge in [0.15, 0.2) is 0 Å². The molecule has 0 saturated carbocycles. The highest BCUT2D eigenvalue weighted by Crippen LogP contribution is 2.16. The monoisotopic (exact) mass is 423 g/mol. The predicted molar refractivity (Wildman–Crippen MR) is 117 cm³/mol. The van der Waals surface area contributed by atoms with Crippen LogP contribution in [0.3, 0.4) is 0 Å². The topological polar surface area (TPSA) is 59.7 Å². The van der Waals surface area contributed by atoms with Crippen LogP contribution in [0.4, 0.5) is 5.69 Å². The van der Waals surface area contributed by atoms with Crippen LogP contribution in [-0.4, -0.2) is 55.4 Å². The molecule has 0 aliphatic carbocycles. The first-order valence-corrected chi connectivity index (χ1v) is 9.08. The number of hydrogen-bond donors (Lipinski definition) is 1. The van der Waals surface area contributed by atoms with Gasteiger partial charge in [0.1, 0.15) is 12.4 Å². The molecule has 1 heterocycles. The zero-order valence-electron chi connectivity index (χ0n) is 15.7. The fourth-order valence-electron chi connectivity index (χ4n) is 3.10. The summed E-state index contributed by atoms with van der Waals surface area (Å²) in [6.07, 6.45) is 0.208. The predicted octanol–water partition coefficient (Wildman–Crippen LogP) is 3.35. The van der Waals surface area contributed by atoms with Crippen LogP contribution in [0, 0.1) is 11.3 Å². The zero-order valence-corrected chi connectivity index (χ0v) is 17.4. The number of aliphatic hydroxyl groups is 1. The van der Waals surface area contributed by atoms with Crippen LogP contribution in [0.1, 0.15) is 12.0 Å². The Morgan fingerprint density at radius 3 is 2.21 bits per heavy atom. The maximum absolute atomic E-state index is 10.2. The number of para-hydroxylation sites is 1. The molecule has 1 atom stereocenters. The summed E-state index contributed by atoms with van der Waals surface area (Å²) in [5, 5.41) is 18.9. The second kappa shape index (κ2) is 12.5. The van der Waals surface area contributed by atoms with Crippen LogP contribution >= 0.6 is 24.8 Å². The highest BCUT2D eigenvalue weighted by Gasteiger charge is 2.18. The molecule has 1 unspecified atom stereocenters. The molecular weight excluding hydrogens is 397 g/mol. The average Bonchev–Trinajstić information content (AvgIpc) is 2.72. The number of rotatable bonds is 7. The Morgan fingerprint density at radius 2 is 1.61 bits per heavy atom. The van der Waals surface area contributed by atoms with E-state index in [-0.39, 0.29) is 31.4 Å². The highest BCUT2D eigenvalue weighted by molar-refractivity contribution is 5.85. The first-order valence-electron chi connectivity index (χ1n) is 9.08. The van der Waals surface area contributed by atoms with Gasteiger partial charge in [-0.05, 0) is 42.8 Å². The molecule has 1 saturated heterocycles. The van der Waals surface area contributed by atoms with E-state index >= 15 is 0 Å². The summed E-state index contributed by atoms with van der Waals surface area (Å²) in [6, 6.07) is 19.5. The number of nitrogens with zero attached hydrogens (tertiary/aromatic N) is 3. The van der Waals surface area contributed by atoms with Crippen molar-refractivity contribution in [3.8, 4) is 11.8 Å². The summed E-state index contributed by atoms with van der Waals surface area (Å²) >= 11 is 0. The van der Waals surface area contributed by atoms with E-state index in [1.54, 1.807) is 24.3 Å². The van der Waals surface area contributed by atoms with Crippen LogP contribution in [0.5, 0.6) is 5.75 Å². The second-order valence-electron chi connectivity index (χ2n) is 6.55. The van der Waals surface area contributed by atoms with E-state index in [9.17, 15) is 5.11 Å². The largest absolute Gasteiger partial charge is 0.491 e. The maximum Gasteiger partial charge on any atom is 0.119 e. The molecule has 1 aliphatic heterocycles. The number of nitriles is 1. The fourth-order valence-corrected chi connectivity index (χ4v) is 3.10. The average molecular weight is 424 g/mol. The Hall–Kier alpha value is -1.97. The molecule has 1 aliphatic rings. The minimum Gasteiger partial charge on any atom is -0.491 e. The molecule has 2 aromatic carbocycles. The van der Waals surface area contributed by atoms with Crippen molar-refractivity contribution >= 4 is 30.5 Å². The van der Waals surface area contributed by atoms with E-state index < -0.39 is 6.10 Å². The van der Waals surface area contributed by atoms with Crippen molar-refractivity contribution in [2.75, 3.05) is 44.2 Å². The Morgan fingerprint density at radius 1 is 0.964 bits per heavy atom. The normalized spacial score (nSPS) is 14.9. The Bertz CT molecular complexity index is 715. The van der Waals surface area contributed by atoms with Gasteiger partial charge in [-0.25, -0.2) is 0 Å². The molecule has 0 radical (unpaired) electrons. The van der Waals surface area contributed by atoms with Crippen molar-refractivity contribution in [3.63, 3.8) is 0 Å². The molecule has 3 rings (SSSR count). The summed E-state index contributed by atoms with van der Waals surface area (Å²) < 4.78 is 5.60. The first-order chi connectivity index (χ1) is 12.7. The third-order valence-electron chi connectivity index (χ3n) is 4.70. The lowest BCUT2D eigenvalue weighted by Gasteiger charge is -2.36. The molecule has 1 N–H and O–H groups in total. The van der Waals surface area contributed by atoms with Gasteiger partial charge < -0.3 is 14.7 Å². The van der Waals surface area contributed by atoms with Crippen LogP contribution in [0.2, 0.25) is 0 Å². The Labute approximate surface area is 179 Å². The molecule has 0 spiro atoms. The lowest BCUT2D eigenvalue weighted by atomic mass is 10.2. The summed E-state index contributed by atoms with van der Waals surface area (Å²) in [6.45, 7) is 5.20. The molecule has 28 heavy (non-hydrogen) atoms. The van der Waals surface area contributed by atoms with Crippen molar-refractivity contribution in [1.29, 1.82) is 5.26 Å². The third kappa shape index (κ3) is 7.21. The van der Waals surface area contributed by atoms with Gasteiger partial charge in [0.2, 0.25) is 0 Å². The Kier molecular flexibility index (Phi) is 10.7. The van der Waals surface area contributed by atoms with E-state index in [0.29, 0.717) is 17.7 Å². The fraction of sp³-hybridized carbons (Fsp3) is 0.381. The number of halogens is 2. The van der Waals surface area contributed by atoms with Gasteiger partial charge >= 0.3 is 0 Å². The minimum atomic E-state index is -0.488. The molecule has 0 amide bonds. The van der Waals surface area contributed by atoms with Gasteiger partial charge in [0, 0.05) is 38.4 Å². The van der Waals surface area contributed by atoms with Gasteiger partial charge in [-0.1, -0.05) is 18.2 Å². The molecule has 0 aromatic heterocycles. The molecular formula is C21H27Cl2N3O2. The lowest BCUT2D eigenvalue weighted by molar-refractivity contribution is 0.0866. The van der Waals surface area contributed by atoms with E-state index in [1.807, 2.05) is 6.07 Å². The van der Waals surface area contributed by atoms with E-state index in [2.05, 4.69) is 40.1 Å². The van der Waals surface area contributed by atoms with Gasteiger partial charge in [-0.2, -0.15) is 5.26 Å². The number of hydrogen-bond acceptors (Lipinski definition) is 5. The summed E-state index contributed by atoms with van der Waals surface area (Å²) in [7, 11) is 0. The summed E-state index contributed by atoms with van der Waals surface area (Å²) in [5.41, 5.74) is 1.88. The van der Waals surface area contributed by atoms with Crippen molar-refractivity contribution in [3.05, 3.63) is 60.2 Å². The Balaban J connectivity index is 0.00000196. The van der Waals surface area contributed by atoms with Crippen molar-refractivity contribution in [1.82, 2.24) is 4.90 Å². The minimum absolute atomic E-state index is 0. The summed E-state index contributed by atoms with van der Waals surface area (Å²) in [4.78, 5) is 4.80. The molecule has 2 aromatic rings. The van der Waals surface area contributed by atoms with Gasteiger partial charge in [-0.3, -0.25) is 4.90 Å². The highest BCUT2D eigenvalue weighted by atomic mass is 35.5. The van der Waals surface area contributed by atoms with Crippen LogP contribution < -0.4 is 9.64 Å². The van der Waals surface area contributed by atoms with Crippen molar-refractivity contribution in [2.24, 2.45) is 0 Å². The zero-order chi connectivity index (χ0) is 18.2. The van der Waals surface area contributed by atoms with E-state index in [4.69, 9.17) is 10.00 Å². The second-order valence-corrected chi connectivity index (χ2v) is 6.55. The molecule has 5 nitrogen and oxygen atoms in total. The molecule has 152 valence electrons. The number of anilines is 1. The van der Waals surface area contributed by atoms with Gasteiger partial charge in [0.25, 0.3) is 0 Å². The third-order valence-corrected chi connectivity index (χ3v) is 4.70. The number of aliphatic hydroxyl groups excluding tert-OH is 1. The number of benzene rings is 2. The van der Waals surface area contributed by atoms with Gasteiger partial charge in [-0.15, -0.1) is 24.8 Å². The SMILES string of the molecule is Cl.Cl.N#Cc1ccc(OCC(O)CCN2CCN(c3ccccc3)CC2)cc1. The van der Waals surface area contributed by atoms with Crippen molar-refractivity contribution in [2.45, 2.75) is 12.5 Å². The lowest BCUT2D eigenvalue weighted by Crippen LogP contribution is -2.47. The molecule has 7 heteroatoms. The first kappa shape index (κ1) is 24.1. The van der Waals surface area contributed by atoms with Crippen LogP contribution in [-0.2, 0) is 0 Å². The smallest absolute Gasteiger partial charge is 0.119 e. The van der Waals surface area contributed by atoms with Crippen LogP contribution in [0.15, 0.2) is 54.6 Å². The van der Waals surface area contributed by atoms with E-state index in [0.717, 1.165) is 32.7 Å². The number of piperazine rings is 1. The molecule has 1 fully saturated rings. The standard InChI is InChI=1S/C21H25N3O2.2ClH/c22-16-18-6-8-21(9-7-18)26-17-20(25)10-11-23-12-14-24(15-13-23)19-4-2-1-3-5-19;;/h1-9,20,25H,10-15,17H2;2*1H. The van der Waals surface area contributed by atoms with Gasteiger partial charge in [0.05, 0.1) is 17.7 Å². The van der Waals surface area contributed by atoms with E-state index in [1.165, 1.54) is 5.69 Å². The van der Waals surface area contributed by atoms with Crippen molar-refractivity contribution < 1.29 is 9.84 Å². The number of ether oxygens (including phenoxy) is 1. The molecule has 0 bridgehead atoms. The van der Waals surface area contributed by atoms with Crippen LogP contribution in [0.25, 0.3) is 0 Å².